The van der Waals surface area contributed by atoms with E-state index in [2.05, 4.69) is 55.6 Å². The summed E-state index contributed by atoms with van der Waals surface area (Å²) in [5.74, 6) is -0.216. The van der Waals surface area contributed by atoms with Crippen LogP contribution in [0, 0.1) is 0 Å². The molecule has 0 spiro atoms. The monoisotopic (exact) mass is 1150 g/mol. The van der Waals surface area contributed by atoms with Crippen LogP contribution in [-0.4, -0.2) is 140 Å². The molecular weight excluding hydrogens is 1030 g/mol. The second-order valence-corrected chi connectivity index (χ2v) is 24.0. The van der Waals surface area contributed by atoms with Crippen molar-refractivity contribution < 1.29 is 64.6 Å². The third kappa shape index (κ3) is 37.4. The topological polar surface area (TPSA) is 228 Å². The summed E-state index contributed by atoms with van der Waals surface area (Å²) < 4.78 is 22.9. The normalized spacial score (nSPS) is 24.3. The molecule has 2 rings (SSSR count). The lowest BCUT2D eigenvalue weighted by atomic mass is 9.97. The van der Waals surface area contributed by atoms with Crippen LogP contribution >= 0.6 is 0 Å². The Morgan fingerprint density at radius 1 is 0.444 bits per heavy atom. The van der Waals surface area contributed by atoms with Crippen molar-refractivity contribution in [2.45, 2.75) is 364 Å². The SMILES string of the molecule is CCCCC/C=C\C/C=C\C/C=C\CCCCCCCCC(=O)NC(COC1OC(CO)C(OC2OC(CO)C(O)C(O)C2O)C(O)C1O)C(O)CCCCCCCCCCCCCCCCCCCCCCCCCCCCCC. The molecule has 0 aromatic rings. The highest BCUT2D eigenvalue weighted by Crippen LogP contribution is 2.30. The maximum Gasteiger partial charge on any atom is 0.220 e. The summed E-state index contributed by atoms with van der Waals surface area (Å²) in [4.78, 5) is 13.3. The van der Waals surface area contributed by atoms with E-state index in [0.29, 0.717) is 19.3 Å². The van der Waals surface area contributed by atoms with E-state index in [4.69, 9.17) is 18.9 Å². The number of ether oxygens (including phenoxy) is 4. The van der Waals surface area contributed by atoms with Gasteiger partial charge < -0.3 is 65.1 Å². The summed E-state index contributed by atoms with van der Waals surface area (Å²) in [7, 11) is 0. The number of hydrogen-bond donors (Lipinski definition) is 9. The first-order chi connectivity index (χ1) is 39.6. The van der Waals surface area contributed by atoms with Gasteiger partial charge in [-0.2, -0.15) is 0 Å². The fraction of sp³-hybridized carbons (Fsp3) is 0.896. The first kappa shape index (κ1) is 75.3. The Morgan fingerprint density at radius 3 is 1.27 bits per heavy atom. The van der Waals surface area contributed by atoms with Crippen molar-refractivity contribution in [1.82, 2.24) is 5.32 Å². The molecule has 2 saturated heterocycles. The molecular formula is C67H125NO13. The molecule has 14 nitrogen and oxygen atoms in total. The molecule has 12 atom stereocenters. The molecule has 14 heteroatoms. The van der Waals surface area contributed by atoms with Crippen molar-refractivity contribution in [3.8, 4) is 0 Å². The molecule has 2 aliphatic rings. The Labute approximate surface area is 493 Å². The summed E-state index contributed by atoms with van der Waals surface area (Å²) in [5, 5.41) is 87.5. The van der Waals surface area contributed by atoms with Gasteiger partial charge in [0, 0.05) is 6.42 Å². The Morgan fingerprint density at radius 2 is 0.815 bits per heavy atom. The highest BCUT2D eigenvalue weighted by Gasteiger charge is 2.51. The van der Waals surface area contributed by atoms with E-state index < -0.39 is 86.8 Å². The van der Waals surface area contributed by atoms with Crippen LogP contribution in [0.3, 0.4) is 0 Å². The van der Waals surface area contributed by atoms with Crippen LogP contribution in [0.5, 0.6) is 0 Å². The van der Waals surface area contributed by atoms with Gasteiger partial charge in [0.25, 0.3) is 0 Å². The quantitative estimate of drug-likeness (QED) is 0.0204. The van der Waals surface area contributed by atoms with Crippen molar-refractivity contribution in [2.24, 2.45) is 0 Å². The van der Waals surface area contributed by atoms with Crippen LogP contribution in [0.2, 0.25) is 0 Å². The van der Waals surface area contributed by atoms with Gasteiger partial charge in [-0.05, 0) is 51.4 Å². The van der Waals surface area contributed by atoms with Gasteiger partial charge in [-0.25, -0.2) is 0 Å². The van der Waals surface area contributed by atoms with Crippen molar-refractivity contribution in [3.05, 3.63) is 36.5 Å². The molecule has 476 valence electrons. The molecule has 12 unspecified atom stereocenters. The molecule has 0 saturated carbocycles. The Kier molecular flexibility index (Phi) is 48.8. The van der Waals surface area contributed by atoms with Gasteiger partial charge in [0.2, 0.25) is 5.91 Å². The van der Waals surface area contributed by atoms with Gasteiger partial charge in [-0.15, -0.1) is 0 Å². The molecule has 1 amide bonds. The number of aliphatic hydroxyl groups is 8. The number of carbonyl (C=O) groups is 1. The molecule has 0 aromatic carbocycles. The number of carbonyl (C=O) groups excluding carboxylic acids is 1. The van der Waals surface area contributed by atoms with E-state index in [0.717, 1.165) is 77.0 Å². The minimum absolute atomic E-state index is 0.216. The predicted molar refractivity (Wildman–Crippen MR) is 328 cm³/mol. The molecule has 0 aliphatic carbocycles. The zero-order valence-electron chi connectivity index (χ0n) is 51.5. The lowest BCUT2D eigenvalue weighted by molar-refractivity contribution is -0.359. The van der Waals surface area contributed by atoms with E-state index in [-0.39, 0.29) is 12.5 Å². The van der Waals surface area contributed by atoms with Crippen molar-refractivity contribution in [2.75, 3.05) is 19.8 Å². The second-order valence-electron chi connectivity index (χ2n) is 24.0. The minimum atomic E-state index is -1.78. The van der Waals surface area contributed by atoms with Crippen LogP contribution in [0.1, 0.15) is 290 Å². The fourth-order valence-electron chi connectivity index (χ4n) is 11.2. The summed E-state index contributed by atoms with van der Waals surface area (Å²) >= 11 is 0. The molecule has 0 aromatic heterocycles. The Balaban J connectivity index is 1.68. The van der Waals surface area contributed by atoms with E-state index in [1.807, 2.05) is 0 Å². The molecule has 0 bridgehead atoms. The first-order valence-corrected chi connectivity index (χ1v) is 33.7. The lowest BCUT2D eigenvalue weighted by Crippen LogP contribution is -2.65. The summed E-state index contributed by atoms with van der Waals surface area (Å²) in [6, 6.07) is -0.837. The van der Waals surface area contributed by atoms with Gasteiger partial charge >= 0.3 is 0 Å². The molecule has 2 fully saturated rings. The third-order valence-corrected chi connectivity index (χ3v) is 16.6. The number of hydrogen-bond acceptors (Lipinski definition) is 13. The van der Waals surface area contributed by atoms with Crippen molar-refractivity contribution in [1.29, 1.82) is 0 Å². The van der Waals surface area contributed by atoms with E-state index in [9.17, 15) is 45.6 Å². The smallest absolute Gasteiger partial charge is 0.220 e. The van der Waals surface area contributed by atoms with Gasteiger partial charge in [-0.1, -0.05) is 269 Å². The maximum absolute atomic E-state index is 13.3. The number of rotatable bonds is 55. The number of unbranched alkanes of at least 4 members (excludes halogenated alkanes) is 36. The van der Waals surface area contributed by atoms with Gasteiger partial charge in [0.05, 0.1) is 32.0 Å². The Hall–Kier alpha value is -1.79. The highest BCUT2D eigenvalue weighted by atomic mass is 16.7. The first-order valence-electron chi connectivity index (χ1n) is 33.7. The average Bonchev–Trinajstić information content (AvgIpc) is 3.63. The molecule has 9 N–H and O–H groups in total. The van der Waals surface area contributed by atoms with E-state index >= 15 is 0 Å². The molecule has 0 radical (unpaired) electrons. The number of nitrogens with one attached hydrogen (secondary N) is 1. The van der Waals surface area contributed by atoms with E-state index in [1.54, 1.807) is 0 Å². The molecule has 2 heterocycles. The standard InChI is InChI=1S/C67H125NO13/c1-3-5-7-9-11-13-15-17-19-21-23-24-25-26-27-28-29-30-31-33-34-36-38-40-42-44-46-48-50-56(71)55(68-59(72)51-49-47-45-43-41-39-37-35-32-22-20-18-16-14-12-10-8-6-4-2)54-78-66-64(77)62(75)65(58(53-70)80-66)81-67-63(76)61(74)60(73)57(52-69)79-67/h12,14,18,20,32,35,55-58,60-67,69-71,73-77H,3-11,13,15-17,19,21-31,33-34,36-54H2,1-2H3,(H,68,72)/b14-12-,20-18-,35-32-. The number of allylic oxidation sites excluding steroid dienone is 6. The zero-order valence-corrected chi connectivity index (χ0v) is 51.5. The predicted octanol–water partition coefficient (Wildman–Crippen LogP) is 13.0. The number of aliphatic hydroxyl groups excluding tert-OH is 8. The fourth-order valence-corrected chi connectivity index (χ4v) is 11.2. The van der Waals surface area contributed by atoms with Gasteiger partial charge in [-0.3, -0.25) is 4.79 Å². The lowest BCUT2D eigenvalue weighted by Gasteiger charge is -2.46. The summed E-state index contributed by atoms with van der Waals surface area (Å²) in [6.45, 7) is 2.86. The van der Waals surface area contributed by atoms with Crippen LogP contribution in [-0.2, 0) is 23.7 Å². The average molecular weight is 1150 g/mol. The van der Waals surface area contributed by atoms with Crippen molar-refractivity contribution in [3.63, 3.8) is 0 Å². The zero-order chi connectivity index (χ0) is 58.8. The van der Waals surface area contributed by atoms with Crippen LogP contribution in [0.4, 0.5) is 0 Å². The molecule has 81 heavy (non-hydrogen) atoms. The third-order valence-electron chi connectivity index (χ3n) is 16.6. The Bertz CT molecular complexity index is 1500. The molecule has 2 aliphatic heterocycles. The maximum atomic E-state index is 13.3. The summed E-state index contributed by atoms with van der Waals surface area (Å²) in [6.07, 6.45) is 48.7. The van der Waals surface area contributed by atoms with E-state index in [1.165, 1.54) is 180 Å². The number of amides is 1. The second kappa shape index (κ2) is 52.5. The summed E-state index contributed by atoms with van der Waals surface area (Å²) in [5.41, 5.74) is 0. The van der Waals surface area contributed by atoms with Crippen molar-refractivity contribution >= 4 is 5.91 Å². The van der Waals surface area contributed by atoms with Crippen LogP contribution < -0.4 is 5.32 Å². The largest absolute Gasteiger partial charge is 0.394 e. The van der Waals surface area contributed by atoms with Gasteiger partial charge in [0.15, 0.2) is 12.6 Å². The van der Waals surface area contributed by atoms with Crippen LogP contribution in [0.25, 0.3) is 0 Å². The van der Waals surface area contributed by atoms with Gasteiger partial charge in [0.1, 0.15) is 48.8 Å². The minimum Gasteiger partial charge on any atom is -0.394 e. The highest BCUT2D eigenvalue weighted by molar-refractivity contribution is 5.76. The van der Waals surface area contributed by atoms with Crippen LogP contribution in [0.15, 0.2) is 36.5 Å².